The largest absolute Gasteiger partial charge is 0.314 e. The van der Waals surface area contributed by atoms with Crippen molar-refractivity contribution in [1.29, 1.82) is 0 Å². The van der Waals surface area contributed by atoms with Crippen molar-refractivity contribution in [3.8, 4) is 0 Å². The van der Waals surface area contributed by atoms with Gasteiger partial charge >= 0.3 is 0 Å². The van der Waals surface area contributed by atoms with Crippen LogP contribution in [0.4, 0.5) is 22.7 Å². The SMILES string of the molecule is C1=CCCC(N(c2ccccc2)c2ccc(/C=C/c3ccc(/C=C/c4ccc(N(C5=CCCC=C5)c5ccccc5)cc4)cc3)cc2)=C1. The second-order valence-corrected chi connectivity index (χ2v) is 12.1. The van der Waals surface area contributed by atoms with Crippen LogP contribution in [-0.2, 0) is 0 Å². The molecule has 0 fully saturated rings. The molecule has 2 aliphatic rings. The van der Waals surface area contributed by atoms with E-state index in [0.717, 1.165) is 31.4 Å². The zero-order valence-corrected chi connectivity index (χ0v) is 27.2. The minimum atomic E-state index is 1.04. The minimum Gasteiger partial charge on any atom is -0.314 e. The van der Waals surface area contributed by atoms with Gasteiger partial charge in [-0.05, 0) is 109 Å². The van der Waals surface area contributed by atoms with Gasteiger partial charge in [0.1, 0.15) is 0 Å². The second kappa shape index (κ2) is 15.2. The van der Waals surface area contributed by atoms with E-state index in [0.29, 0.717) is 0 Å². The molecule has 0 bridgehead atoms. The summed E-state index contributed by atoms with van der Waals surface area (Å²) in [5, 5.41) is 0. The first-order valence-corrected chi connectivity index (χ1v) is 16.9. The van der Waals surface area contributed by atoms with Crippen LogP contribution in [0.1, 0.15) is 47.9 Å². The Morgan fingerprint density at radius 1 is 0.417 bits per heavy atom. The lowest BCUT2D eigenvalue weighted by Gasteiger charge is -2.28. The Balaban J connectivity index is 1.00. The fourth-order valence-electron chi connectivity index (χ4n) is 6.20. The fraction of sp³-hybridized carbons (Fsp3) is 0.0870. The number of anilines is 4. The van der Waals surface area contributed by atoms with Crippen LogP contribution in [0, 0.1) is 0 Å². The maximum Gasteiger partial charge on any atom is 0.0461 e. The molecule has 234 valence electrons. The molecule has 2 aliphatic carbocycles. The number of para-hydroxylation sites is 2. The van der Waals surface area contributed by atoms with Crippen LogP contribution in [0.15, 0.2) is 181 Å². The van der Waals surface area contributed by atoms with Gasteiger partial charge in [0, 0.05) is 34.1 Å². The van der Waals surface area contributed by atoms with Gasteiger partial charge in [-0.1, -0.05) is 134 Å². The lowest BCUT2D eigenvalue weighted by atomic mass is 10.1. The van der Waals surface area contributed by atoms with Gasteiger partial charge in [0.05, 0.1) is 0 Å². The van der Waals surface area contributed by atoms with Gasteiger partial charge in [-0.2, -0.15) is 0 Å². The summed E-state index contributed by atoms with van der Waals surface area (Å²) >= 11 is 0. The molecule has 2 nitrogen and oxygen atoms in total. The van der Waals surface area contributed by atoms with Gasteiger partial charge in [0.2, 0.25) is 0 Å². The first-order valence-electron chi connectivity index (χ1n) is 16.9. The van der Waals surface area contributed by atoms with E-state index in [1.165, 1.54) is 50.7 Å². The fourth-order valence-corrected chi connectivity index (χ4v) is 6.20. The van der Waals surface area contributed by atoms with Gasteiger partial charge in [-0.3, -0.25) is 0 Å². The molecular formula is C46H40N2. The van der Waals surface area contributed by atoms with E-state index >= 15 is 0 Å². The van der Waals surface area contributed by atoms with Crippen molar-refractivity contribution in [2.24, 2.45) is 0 Å². The summed E-state index contributed by atoms with van der Waals surface area (Å²) < 4.78 is 0. The Bertz CT molecular complexity index is 1970. The maximum absolute atomic E-state index is 2.36. The third-order valence-electron chi connectivity index (χ3n) is 8.72. The first-order chi connectivity index (χ1) is 23.8. The molecular weight excluding hydrogens is 581 g/mol. The molecule has 0 saturated heterocycles. The first kappa shape index (κ1) is 30.8. The number of benzene rings is 5. The number of rotatable bonds is 10. The van der Waals surface area contributed by atoms with Crippen molar-refractivity contribution in [2.45, 2.75) is 25.7 Å². The molecule has 0 saturated carbocycles. The second-order valence-electron chi connectivity index (χ2n) is 12.1. The van der Waals surface area contributed by atoms with Crippen LogP contribution in [0.3, 0.4) is 0 Å². The molecule has 7 rings (SSSR count). The normalized spacial score (nSPS) is 14.2. The lowest BCUT2D eigenvalue weighted by molar-refractivity contribution is 0.917. The predicted octanol–water partition coefficient (Wildman–Crippen LogP) is 12.8. The number of hydrogen-bond acceptors (Lipinski definition) is 2. The van der Waals surface area contributed by atoms with Crippen LogP contribution >= 0.6 is 0 Å². The van der Waals surface area contributed by atoms with E-state index in [-0.39, 0.29) is 0 Å². The van der Waals surface area contributed by atoms with E-state index in [1.807, 2.05) is 0 Å². The smallest absolute Gasteiger partial charge is 0.0461 e. The molecule has 0 aliphatic heterocycles. The molecule has 0 heterocycles. The van der Waals surface area contributed by atoms with Gasteiger partial charge < -0.3 is 9.80 Å². The standard InChI is InChI=1S/C46H40N2/c1-5-13-41(14-6-1)47(42-15-7-2-8-16-42)45-33-29-39(30-34-45)27-25-37-21-23-38(24-22-37)26-28-40-31-35-46(36-32-40)48(43-17-9-3-10-18-43)44-19-11-4-12-20-44/h1-3,5-7,9-11,13-15,17-36H,4,8,12,16H2/b27-25+,28-26+. The molecule has 0 atom stereocenters. The Morgan fingerprint density at radius 3 is 1.33 bits per heavy atom. The van der Waals surface area contributed by atoms with Crippen LogP contribution in [0.2, 0.25) is 0 Å². The topological polar surface area (TPSA) is 6.48 Å². The van der Waals surface area contributed by atoms with Crippen molar-refractivity contribution in [1.82, 2.24) is 0 Å². The third-order valence-corrected chi connectivity index (χ3v) is 8.72. The molecule has 0 spiro atoms. The van der Waals surface area contributed by atoms with Crippen molar-refractivity contribution in [3.63, 3.8) is 0 Å². The molecule has 48 heavy (non-hydrogen) atoms. The molecule has 0 radical (unpaired) electrons. The maximum atomic E-state index is 2.36. The highest BCUT2D eigenvalue weighted by Crippen LogP contribution is 2.34. The summed E-state index contributed by atoms with van der Waals surface area (Å²) in [6, 6.07) is 47.6. The lowest BCUT2D eigenvalue weighted by Crippen LogP contribution is -2.17. The van der Waals surface area contributed by atoms with Gasteiger partial charge in [0.15, 0.2) is 0 Å². The molecule has 2 heteroatoms. The molecule has 0 unspecified atom stereocenters. The highest BCUT2D eigenvalue weighted by Gasteiger charge is 2.15. The Kier molecular flexibility index (Phi) is 9.72. The summed E-state index contributed by atoms with van der Waals surface area (Å²) in [5.74, 6) is 0. The summed E-state index contributed by atoms with van der Waals surface area (Å²) in [6.07, 6.45) is 26.4. The Morgan fingerprint density at radius 2 is 0.875 bits per heavy atom. The van der Waals surface area contributed by atoms with Crippen molar-refractivity contribution < 1.29 is 0 Å². The molecule has 5 aromatic rings. The summed E-state index contributed by atoms with van der Waals surface area (Å²) in [7, 11) is 0. The van der Waals surface area contributed by atoms with Crippen LogP contribution in [0.5, 0.6) is 0 Å². The molecule has 0 aromatic heterocycles. The monoisotopic (exact) mass is 620 g/mol. The zero-order chi connectivity index (χ0) is 32.4. The van der Waals surface area contributed by atoms with E-state index in [2.05, 4.69) is 204 Å². The average molecular weight is 621 g/mol. The van der Waals surface area contributed by atoms with Gasteiger partial charge in [-0.25, -0.2) is 0 Å². The van der Waals surface area contributed by atoms with Gasteiger partial charge in [0.25, 0.3) is 0 Å². The number of allylic oxidation sites excluding steroid dienone is 7. The molecule has 0 N–H and O–H groups in total. The zero-order valence-electron chi connectivity index (χ0n) is 27.2. The average Bonchev–Trinajstić information content (AvgIpc) is 3.17. The van der Waals surface area contributed by atoms with E-state index in [4.69, 9.17) is 0 Å². The highest BCUT2D eigenvalue weighted by molar-refractivity contribution is 5.76. The minimum absolute atomic E-state index is 1.04. The van der Waals surface area contributed by atoms with Crippen molar-refractivity contribution in [3.05, 3.63) is 204 Å². The van der Waals surface area contributed by atoms with Gasteiger partial charge in [-0.15, -0.1) is 0 Å². The third kappa shape index (κ3) is 7.57. The molecule has 0 amide bonds. The Labute approximate surface area is 285 Å². The van der Waals surface area contributed by atoms with E-state index < -0.39 is 0 Å². The van der Waals surface area contributed by atoms with Crippen LogP contribution < -0.4 is 9.80 Å². The quantitative estimate of drug-likeness (QED) is 0.143. The van der Waals surface area contributed by atoms with E-state index in [1.54, 1.807) is 0 Å². The Hall–Kier alpha value is -5.86. The molecule has 5 aromatic carbocycles. The van der Waals surface area contributed by atoms with E-state index in [9.17, 15) is 0 Å². The predicted molar refractivity (Wildman–Crippen MR) is 207 cm³/mol. The number of nitrogens with zero attached hydrogens (tertiary/aromatic N) is 2. The summed E-state index contributed by atoms with van der Waals surface area (Å²) in [4.78, 5) is 4.69. The number of hydrogen-bond donors (Lipinski definition) is 0. The van der Waals surface area contributed by atoms with Crippen molar-refractivity contribution >= 4 is 47.1 Å². The summed E-state index contributed by atoms with van der Waals surface area (Å²) in [5.41, 5.74) is 12.0. The highest BCUT2D eigenvalue weighted by atomic mass is 15.2. The van der Waals surface area contributed by atoms with Crippen LogP contribution in [0.25, 0.3) is 24.3 Å². The summed E-state index contributed by atoms with van der Waals surface area (Å²) in [6.45, 7) is 0. The van der Waals surface area contributed by atoms with Crippen molar-refractivity contribution in [2.75, 3.05) is 9.80 Å². The van der Waals surface area contributed by atoms with Crippen LogP contribution in [-0.4, -0.2) is 0 Å².